The molecule has 0 unspecified atom stereocenters. The minimum atomic E-state index is -0.373. The molecule has 9 nitrogen and oxygen atoms in total. The van der Waals surface area contributed by atoms with E-state index in [2.05, 4.69) is 59.7 Å². The maximum absolute atomic E-state index is 11.9. The number of fused-ring (bicyclic) bond motifs is 1. The van der Waals surface area contributed by atoms with Crippen molar-refractivity contribution >= 4 is 58.0 Å². The van der Waals surface area contributed by atoms with Crippen LogP contribution in [-0.4, -0.2) is 37.4 Å². The number of imide groups is 1. The molecule has 5 rings (SSSR count). The van der Waals surface area contributed by atoms with Gasteiger partial charge >= 0.3 is 0 Å². The fraction of sp³-hybridized carbons (Fsp3) is 0.250. The number of carbonyl (C=O) groups is 2. The zero-order valence-electron chi connectivity index (χ0n) is 15.9. The predicted molar refractivity (Wildman–Crippen MR) is 120 cm³/mol. The highest BCUT2D eigenvalue weighted by molar-refractivity contribution is 14.1. The average Bonchev–Trinajstić information content (AvgIpc) is 3.35. The quantitative estimate of drug-likeness (QED) is 0.263. The average molecular weight is 515 g/mol. The van der Waals surface area contributed by atoms with Gasteiger partial charge in [-0.3, -0.25) is 14.9 Å². The normalized spacial score (nSPS) is 17.6. The topological polar surface area (TPSA) is 113 Å². The highest BCUT2D eigenvalue weighted by Crippen LogP contribution is 2.26. The van der Waals surface area contributed by atoms with Gasteiger partial charge < -0.3 is 10.6 Å². The minimum absolute atomic E-state index is 0.0617. The first-order chi connectivity index (χ1) is 14.5. The van der Waals surface area contributed by atoms with Crippen molar-refractivity contribution in [1.29, 1.82) is 0 Å². The number of anilines is 2. The lowest BCUT2D eigenvalue weighted by molar-refractivity contribution is -0.124. The molecule has 0 spiro atoms. The number of benzene rings is 1. The smallest absolute Gasteiger partial charge is 0.254 e. The number of nitrogens with zero attached hydrogens (tertiary/aromatic N) is 4. The Bertz CT molecular complexity index is 1200. The van der Waals surface area contributed by atoms with Gasteiger partial charge in [0.15, 0.2) is 5.65 Å². The lowest BCUT2D eigenvalue weighted by atomic mass is 10.1. The number of hydrogen-bond donors (Lipinski definition) is 3. The van der Waals surface area contributed by atoms with Crippen LogP contribution in [0.25, 0.3) is 11.7 Å². The van der Waals surface area contributed by atoms with Crippen molar-refractivity contribution in [2.75, 3.05) is 10.6 Å². The summed E-state index contributed by atoms with van der Waals surface area (Å²) in [5, 5.41) is 13.4. The standard InChI is InChI=1S/C20H18IN7O2/c21-14-3-1-2-11(6-14)9-22-19-26-17-13(7-12-8-16(29)25-18(12)30)10-23-28(17)20(27-19)24-15-4-5-15/h1-3,6-7,10,15H,4-5,8-9H2,(H,25,29,30)(H2,22,24,26,27)/b12-7+. The number of amides is 2. The van der Waals surface area contributed by atoms with Crippen molar-refractivity contribution in [2.45, 2.75) is 31.8 Å². The molecule has 10 heteroatoms. The van der Waals surface area contributed by atoms with Gasteiger partial charge in [-0.2, -0.15) is 19.6 Å². The van der Waals surface area contributed by atoms with E-state index in [-0.39, 0.29) is 18.2 Å². The van der Waals surface area contributed by atoms with Crippen LogP contribution >= 0.6 is 22.6 Å². The van der Waals surface area contributed by atoms with Gasteiger partial charge in [0.25, 0.3) is 5.91 Å². The summed E-state index contributed by atoms with van der Waals surface area (Å²) in [4.78, 5) is 32.7. The zero-order chi connectivity index (χ0) is 20.7. The fourth-order valence-electron chi connectivity index (χ4n) is 3.22. The molecule has 3 N–H and O–H groups in total. The Morgan fingerprint density at radius 3 is 2.87 bits per heavy atom. The summed E-state index contributed by atoms with van der Waals surface area (Å²) in [5.41, 5.74) is 2.75. The van der Waals surface area contributed by atoms with Gasteiger partial charge in [-0.15, -0.1) is 0 Å². The number of rotatable bonds is 6. The van der Waals surface area contributed by atoms with Crippen molar-refractivity contribution < 1.29 is 9.59 Å². The van der Waals surface area contributed by atoms with E-state index in [1.54, 1.807) is 16.8 Å². The fourth-order valence-corrected chi connectivity index (χ4v) is 3.82. The van der Waals surface area contributed by atoms with E-state index >= 15 is 0 Å². The molecule has 0 bridgehead atoms. The summed E-state index contributed by atoms with van der Waals surface area (Å²) in [5.74, 6) is 0.399. The molecule has 1 aliphatic carbocycles. The second-order valence-electron chi connectivity index (χ2n) is 7.33. The Morgan fingerprint density at radius 2 is 2.13 bits per heavy atom. The molecule has 1 aliphatic heterocycles. The molecule has 3 aromatic rings. The minimum Gasteiger partial charge on any atom is -0.351 e. The van der Waals surface area contributed by atoms with Gasteiger partial charge in [0.2, 0.25) is 17.8 Å². The lowest BCUT2D eigenvalue weighted by Crippen LogP contribution is -2.19. The van der Waals surface area contributed by atoms with Crippen molar-refractivity contribution in [3.63, 3.8) is 0 Å². The SMILES string of the molecule is O=C1C/C(=C\c2cnn3c(NC4CC4)nc(NCc4cccc(I)c4)nc23)C(=O)N1. The molecule has 2 amide bonds. The van der Waals surface area contributed by atoms with Gasteiger partial charge in [-0.25, -0.2) is 0 Å². The first kappa shape index (κ1) is 19.0. The van der Waals surface area contributed by atoms with Crippen LogP contribution in [0.3, 0.4) is 0 Å². The van der Waals surface area contributed by atoms with E-state index in [4.69, 9.17) is 0 Å². The van der Waals surface area contributed by atoms with Crippen LogP contribution in [0.2, 0.25) is 0 Å². The summed E-state index contributed by atoms with van der Waals surface area (Å²) in [6, 6.07) is 8.58. The second-order valence-corrected chi connectivity index (χ2v) is 8.58. The third kappa shape index (κ3) is 3.99. The molecule has 3 heterocycles. The Balaban J connectivity index is 1.50. The molecular formula is C20H18IN7O2. The molecular weight excluding hydrogens is 497 g/mol. The third-order valence-electron chi connectivity index (χ3n) is 4.87. The van der Waals surface area contributed by atoms with Crippen LogP contribution in [-0.2, 0) is 16.1 Å². The summed E-state index contributed by atoms with van der Waals surface area (Å²) in [6.45, 7) is 0.581. The highest BCUT2D eigenvalue weighted by atomic mass is 127. The zero-order valence-corrected chi connectivity index (χ0v) is 18.0. The summed E-state index contributed by atoms with van der Waals surface area (Å²) in [7, 11) is 0. The van der Waals surface area contributed by atoms with E-state index in [9.17, 15) is 9.59 Å². The first-order valence-corrected chi connectivity index (χ1v) is 10.7. The van der Waals surface area contributed by atoms with Crippen molar-refractivity contribution in [2.24, 2.45) is 0 Å². The van der Waals surface area contributed by atoms with E-state index in [1.165, 1.54) is 0 Å². The Morgan fingerprint density at radius 1 is 1.27 bits per heavy atom. The predicted octanol–water partition coefficient (Wildman–Crippen LogP) is 2.35. The Labute approximate surface area is 185 Å². The van der Waals surface area contributed by atoms with E-state index < -0.39 is 0 Å². The van der Waals surface area contributed by atoms with Crippen molar-refractivity contribution in [3.05, 3.63) is 50.7 Å². The van der Waals surface area contributed by atoms with Crippen LogP contribution in [0.5, 0.6) is 0 Å². The Kier molecular flexibility index (Phi) is 4.85. The van der Waals surface area contributed by atoms with Crippen LogP contribution < -0.4 is 16.0 Å². The Hall–Kier alpha value is -3.02. The summed E-state index contributed by atoms with van der Waals surface area (Å²) >= 11 is 2.28. The second kappa shape index (κ2) is 7.67. The van der Waals surface area contributed by atoms with E-state index in [0.717, 1.165) is 22.0 Å². The molecule has 0 radical (unpaired) electrons. The van der Waals surface area contributed by atoms with Crippen LogP contribution in [0.15, 0.2) is 36.0 Å². The molecule has 1 aromatic carbocycles. The van der Waals surface area contributed by atoms with E-state index in [1.807, 2.05) is 18.2 Å². The van der Waals surface area contributed by atoms with Crippen LogP contribution in [0.1, 0.15) is 30.4 Å². The molecule has 2 aliphatic rings. The van der Waals surface area contributed by atoms with Crippen molar-refractivity contribution in [1.82, 2.24) is 24.9 Å². The van der Waals surface area contributed by atoms with Crippen molar-refractivity contribution in [3.8, 4) is 0 Å². The molecule has 1 saturated carbocycles. The molecule has 2 fully saturated rings. The molecule has 30 heavy (non-hydrogen) atoms. The maximum atomic E-state index is 11.9. The maximum Gasteiger partial charge on any atom is 0.254 e. The molecule has 0 atom stereocenters. The van der Waals surface area contributed by atoms with Gasteiger partial charge in [-0.1, -0.05) is 12.1 Å². The first-order valence-electron chi connectivity index (χ1n) is 9.60. The molecule has 2 aromatic heterocycles. The van der Waals surface area contributed by atoms with Gasteiger partial charge in [0.05, 0.1) is 12.6 Å². The molecule has 1 saturated heterocycles. The summed E-state index contributed by atoms with van der Waals surface area (Å²) < 4.78 is 2.80. The van der Waals surface area contributed by atoms with Gasteiger partial charge in [0.1, 0.15) is 0 Å². The number of hydrogen-bond acceptors (Lipinski definition) is 7. The van der Waals surface area contributed by atoms with E-state index in [0.29, 0.717) is 41.3 Å². The third-order valence-corrected chi connectivity index (χ3v) is 5.54. The number of nitrogens with one attached hydrogen (secondary N) is 3. The number of aromatic nitrogens is 4. The largest absolute Gasteiger partial charge is 0.351 e. The summed E-state index contributed by atoms with van der Waals surface area (Å²) in [6.07, 6.45) is 5.55. The van der Waals surface area contributed by atoms with Gasteiger partial charge in [-0.05, 0) is 59.2 Å². The highest BCUT2D eigenvalue weighted by Gasteiger charge is 2.26. The van der Waals surface area contributed by atoms with Gasteiger partial charge in [0, 0.05) is 27.3 Å². The molecule has 152 valence electrons. The van der Waals surface area contributed by atoms with Crippen LogP contribution in [0, 0.1) is 3.57 Å². The lowest BCUT2D eigenvalue weighted by Gasteiger charge is -2.10. The van der Waals surface area contributed by atoms with Crippen LogP contribution in [0.4, 0.5) is 11.9 Å². The number of carbonyl (C=O) groups excluding carboxylic acids is 2. The monoisotopic (exact) mass is 515 g/mol. The number of halogens is 1.